The molecule has 0 aromatic heterocycles. The molecule has 3 heteroatoms. The highest BCUT2D eigenvalue weighted by atomic mass is 16.2. The Bertz CT molecular complexity index is 655. The van der Waals surface area contributed by atoms with Crippen LogP contribution in [0.4, 0.5) is 0 Å². The third kappa shape index (κ3) is 3.37. The molecule has 1 aliphatic carbocycles. The minimum atomic E-state index is 0.0373. The van der Waals surface area contributed by atoms with Crippen molar-refractivity contribution in [1.82, 2.24) is 5.43 Å². The van der Waals surface area contributed by atoms with Gasteiger partial charge in [-0.2, -0.15) is 5.10 Å². The maximum Gasteiger partial charge on any atom is 0.243 e. The molecule has 0 spiro atoms. The van der Waals surface area contributed by atoms with Crippen molar-refractivity contribution in [2.24, 2.45) is 11.0 Å². The Balaban J connectivity index is 1.71. The Morgan fingerprint density at radius 1 is 1.00 bits per heavy atom. The predicted molar refractivity (Wildman–Crippen MR) is 85.0 cm³/mol. The molecule has 1 amide bonds. The summed E-state index contributed by atoms with van der Waals surface area (Å²) in [5.41, 5.74) is 6.85. The number of hydrazone groups is 1. The summed E-state index contributed by atoms with van der Waals surface area (Å²) >= 11 is 0. The van der Waals surface area contributed by atoms with Crippen LogP contribution in [0, 0.1) is 5.92 Å². The Morgan fingerprint density at radius 2 is 1.62 bits per heavy atom. The van der Waals surface area contributed by atoms with Gasteiger partial charge in [0.15, 0.2) is 0 Å². The van der Waals surface area contributed by atoms with E-state index in [9.17, 15) is 4.79 Å². The number of carbonyl (C=O) groups is 1. The normalized spacial score (nSPS) is 14.8. The SMILES string of the molecule is C/C(=N/NC(=O)C1CC1)c1ccc(-c2ccccc2)cc1. The number of benzene rings is 2. The van der Waals surface area contributed by atoms with E-state index in [0.717, 1.165) is 24.1 Å². The third-order valence-corrected chi connectivity index (χ3v) is 3.69. The average molecular weight is 278 g/mol. The summed E-state index contributed by atoms with van der Waals surface area (Å²) in [7, 11) is 0. The van der Waals surface area contributed by atoms with E-state index in [0.29, 0.717) is 0 Å². The first-order valence-electron chi connectivity index (χ1n) is 7.24. The molecule has 2 aromatic carbocycles. The fourth-order valence-corrected chi connectivity index (χ4v) is 2.17. The van der Waals surface area contributed by atoms with Gasteiger partial charge in [0.2, 0.25) is 5.91 Å². The zero-order valence-corrected chi connectivity index (χ0v) is 12.0. The van der Waals surface area contributed by atoms with E-state index in [1.165, 1.54) is 11.1 Å². The topological polar surface area (TPSA) is 41.5 Å². The molecule has 0 heterocycles. The molecule has 0 bridgehead atoms. The van der Waals surface area contributed by atoms with Crippen molar-refractivity contribution in [2.45, 2.75) is 19.8 Å². The minimum Gasteiger partial charge on any atom is -0.273 e. The van der Waals surface area contributed by atoms with Crippen LogP contribution in [0.2, 0.25) is 0 Å². The van der Waals surface area contributed by atoms with Gasteiger partial charge in [-0.25, -0.2) is 5.43 Å². The molecular formula is C18H18N2O. The highest BCUT2D eigenvalue weighted by molar-refractivity contribution is 5.99. The molecule has 0 radical (unpaired) electrons. The molecule has 3 rings (SSSR count). The van der Waals surface area contributed by atoms with Crippen molar-refractivity contribution in [1.29, 1.82) is 0 Å². The van der Waals surface area contributed by atoms with Crippen LogP contribution in [0.25, 0.3) is 11.1 Å². The van der Waals surface area contributed by atoms with Gasteiger partial charge in [0.25, 0.3) is 0 Å². The molecule has 0 saturated heterocycles. The summed E-state index contributed by atoms with van der Waals surface area (Å²) in [5.74, 6) is 0.220. The van der Waals surface area contributed by atoms with Crippen molar-refractivity contribution in [3.63, 3.8) is 0 Å². The lowest BCUT2D eigenvalue weighted by atomic mass is 10.0. The van der Waals surface area contributed by atoms with Crippen molar-refractivity contribution >= 4 is 11.6 Å². The lowest BCUT2D eigenvalue weighted by molar-refractivity contribution is -0.122. The van der Waals surface area contributed by atoms with Gasteiger partial charge in [-0.1, -0.05) is 54.6 Å². The molecule has 2 aromatic rings. The molecule has 1 saturated carbocycles. The molecule has 21 heavy (non-hydrogen) atoms. The van der Waals surface area contributed by atoms with Gasteiger partial charge in [0.1, 0.15) is 0 Å². The summed E-state index contributed by atoms with van der Waals surface area (Å²) < 4.78 is 0. The van der Waals surface area contributed by atoms with E-state index in [2.05, 4.69) is 34.8 Å². The van der Waals surface area contributed by atoms with Crippen LogP contribution in [0.15, 0.2) is 59.7 Å². The van der Waals surface area contributed by atoms with E-state index in [4.69, 9.17) is 0 Å². The second kappa shape index (κ2) is 5.92. The number of carbonyl (C=O) groups excluding carboxylic acids is 1. The summed E-state index contributed by atoms with van der Waals surface area (Å²) in [6.45, 7) is 1.91. The number of hydrogen-bond acceptors (Lipinski definition) is 2. The fraction of sp³-hybridized carbons (Fsp3) is 0.222. The van der Waals surface area contributed by atoms with E-state index >= 15 is 0 Å². The van der Waals surface area contributed by atoms with Gasteiger partial charge < -0.3 is 0 Å². The number of rotatable bonds is 4. The Hall–Kier alpha value is -2.42. The van der Waals surface area contributed by atoms with Crippen LogP contribution in [-0.2, 0) is 4.79 Å². The summed E-state index contributed by atoms with van der Waals surface area (Å²) in [4.78, 5) is 11.6. The van der Waals surface area contributed by atoms with E-state index in [-0.39, 0.29) is 11.8 Å². The molecule has 1 aliphatic rings. The summed E-state index contributed by atoms with van der Waals surface area (Å²) in [6.07, 6.45) is 1.98. The lowest BCUT2D eigenvalue weighted by Gasteiger charge is -2.05. The number of hydrogen-bond donors (Lipinski definition) is 1. The van der Waals surface area contributed by atoms with E-state index < -0.39 is 0 Å². The smallest absolute Gasteiger partial charge is 0.243 e. The maximum atomic E-state index is 11.6. The van der Waals surface area contributed by atoms with Gasteiger partial charge in [0.05, 0.1) is 5.71 Å². The van der Waals surface area contributed by atoms with Gasteiger partial charge in [-0.15, -0.1) is 0 Å². The highest BCUT2D eigenvalue weighted by Gasteiger charge is 2.29. The van der Waals surface area contributed by atoms with Crippen LogP contribution in [0.1, 0.15) is 25.3 Å². The second-order valence-corrected chi connectivity index (χ2v) is 5.39. The largest absolute Gasteiger partial charge is 0.273 e. The Labute approximate surface area is 124 Å². The molecule has 0 aliphatic heterocycles. The predicted octanol–water partition coefficient (Wildman–Crippen LogP) is 3.60. The molecule has 106 valence electrons. The van der Waals surface area contributed by atoms with Crippen LogP contribution in [0.5, 0.6) is 0 Å². The Kier molecular flexibility index (Phi) is 3.82. The average Bonchev–Trinajstić information content (AvgIpc) is 3.38. The van der Waals surface area contributed by atoms with Gasteiger partial charge in [0, 0.05) is 5.92 Å². The number of nitrogens with zero attached hydrogens (tertiary/aromatic N) is 1. The van der Waals surface area contributed by atoms with Gasteiger partial charge in [-0.05, 0) is 36.5 Å². The molecule has 0 atom stereocenters. The second-order valence-electron chi connectivity index (χ2n) is 5.39. The fourth-order valence-electron chi connectivity index (χ4n) is 2.17. The molecule has 0 unspecified atom stereocenters. The van der Waals surface area contributed by atoms with Crippen molar-refractivity contribution < 1.29 is 4.79 Å². The third-order valence-electron chi connectivity index (χ3n) is 3.69. The van der Waals surface area contributed by atoms with E-state index in [1.54, 1.807) is 0 Å². The van der Waals surface area contributed by atoms with Crippen molar-refractivity contribution in [3.05, 3.63) is 60.2 Å². The summed E-state index contributed by atoms with van der Waals surface area (Å²) in [6, 6.07) is 18.5. The van der Waals surface area contributed by atoms with E-state index in [1.807, 2.05) is 37.3 Å². The number of amides is 1. The monoisotopic (exact) mass is 278 g/mol. The zero-order valence-electron chi connectivity index (χ0n) is 12.0. The highest BCUT2D eigenvalue weighted by Crippen LogP contribution is 2.28. The van der Waals surface area contributed by atoms with Gasteiger partial charge >= 0.3 is 0 Å². The van der Waals surface area contributed by atoms with Crippen LogP contribution >= 0.6 is 0 Å². The minimum absolute atomic E-state index is 0.0373. The van der Waals surface area contributed by atoms with Crippen LogP contribution < -0.4 is 5.43 Å². The first-order chi connectivity index (χ1) is 10.2. The molecule has 1 N–H and O–H groups in total. The molecule has 3 nitrogen and oxygen atoms in total. The first kappa shape index (κ1) is 13.6. The maximum absolute atomic E-state index is 11.6. The molecule has 1 fully saturated rings. The quantitative estimate of drug-likeness (QED) is 0.673. The molecular weight excluding hydrogens is 260 g/mol. The first-order valence-corrected chi connectivity index (χ1v) is 7.24. The van der Waals surface area contributed by atoms with Crippen LogP contribution in [0.3, 0.4) is 0 Å². The van der Waals surface area contributed by atoms with Crippen molar-refractivity contribution in [3.8, 4) is 11.1 Å². The summed E-state index contributed by atoms with van der Waals surface area (Å²) in [5, 5.41) is 4.18. The Morgan fingerprint density at radius 3 is 2.24 bits per heavy atom. The number of nitrogens with one attached hydrogen (secondary N) is 1. The van der Waals surface area contributed by atoms with Gasteiger partial charge in [-0.3, -0.25) is 4.79 Å². The van der Waals surface area contributed by atoms with Crippen molar-refractivity contribution in [2.75, 3.05) is 0 Å². The zero-order chi connectivity index (χ0) is 14.7. The lowest BCUT2D eigenvalue weighted by Crippen LogP contribution is -2.20. The van der Waals surface area contributed by atoms with Crippen LogP contribution in [-0.4, -0.2) is 11.6 Å². The standard InChI is InChI=1S/C18H18N2O/c1-13(19-20-18(21)17-11-12-17)14-7-9-16(10-8-14)15-5-3-2-4-6-15/h2-10,17H,11-12H2,1H3,(H,20,21)/b19-13-.